The molecule has 0 bridgehead atoms. The summed E-state index contributed by atoms with van der Waals surface area (Å²) in [7, 11) is 0. The molecule has 1 N–H and O–H groups in total. The highest BCUT2D eigenvalue weighted by Gasteiger charge is 2.12. The van der Waals surface area contributed by atoms with Crippen LogP contribution in [-0.4, -0.2) is 39.4 Å². The molecule has 0 amide bonds. The molecule has 5 heteroatoms. The summed E-state index contributed by atoms with van der Waals surface area (Å²) in [6.45, 7) is 6.28. The molecule has 92 valence electrons. The molecule has 1 aromatic heterocycles. The minimum absolute atomic E-state index is 0.500. The van der Waals surface area contributed by atoms with Gasteiger partial charge in [0.25, 0.3) is 0 Å². The Bertz CT molecular complexity index is 281. The molecule has 1 heterocycles. The molecule has 0 radical (unpaired) electrons. The zero-order valence-electron chi connectivity index (χ0n) is 10.4. The maximum atomic E-state index is 4.34. The number of aryl methyl sites for hydroxylation is 1. The molecule has 0 saturated carbocycles. The number of likely N-dealkylation sites (N-methyl/N-ethyl adjacent to an activating group) is 1. The third-order valence-electron chi connectivity index (χ3n) is 2.42. The zero-order chi connectivity index (χ0) is 11.8. The molecule has 0 aliphatic carbocycles. The predicted molar refractivity (Wildman–Crippen MR) is 69.9 cm³/mol. The minimum Gasteiger partial charge on any atom is -0.313 e. The Kier molecular flexibility index (Phi) is 6.49. The van der Waals surface area contributed by atoms with Crippen LogP contribution >= 0.6 is 11.8 Å². The molecule has 1 aromatic rings. The van der Waals surface area contributed by atoms with Crippen LogP contribution in [0.3, 0.4) is 0 Å². The van der Waals surface area contributed by atoms with Crippen LogP contribution in [0.5, 0.6) is 0 Å². The second-order valence-corrected chi connectivity index (χ2v) is 4.72. The van der Waals surface area contributed by atoms with E-state index in [1.165, 1.54) is 0 Å². The first kappa shape index (κ1) is 13.5. The molecule has 0 aliphatic heterocycles. The zero-order valence-corrected chi connectivity index (χ0v) is 11.3. The fourth-order valence-corrected chi connectivity index (χ4v) is 2.38. The van der Waals surface area contributed by atoms with Crippen LogP contribution in [0.2, 0.25) is 0 Å². The van der Waals surface area contributed by atoms with E-state index >= 15 is 0 Å². The number of nitrogens with zero attached hydrogens (tertiary/aromatic N) is 3. The van der Waals surface area contributed by atoms with E-state index in [4.69, 9.17) is 0 Å². The third-order valence-corrected chi connectivity index (χ3v) is 3.16. The summed E-state index contributed by atoms with van der Waals surface area (Å²) in [4.78, 5) is 4.34. The van der Waals surface area contributed by atoms with Gasteiger partial charge < -0.3 is 5.32 Å². The van der Waals surface area contributed by atoms with E-state index in [0.29, 0.717) is 6.04 Å². The fourth-order valence-electron chi connectivity index (χ4n) is 1.75. The second kappa shape index (κ2) is 7.68. The van der Waals surface area contributed by atoms with Gasteiger partial charge in [-0.1, -0.05) is 13.8 Å². The van der Waals surface area contributed by atoms with Crippen molar-refractivity contribution in [3.8, 4) is 0 Å². The molecule has 0 aliphatic rings. The first-order chi connectivity index (χ1) is 7.81. The van der Waals surface area contributed by atoms with E-state index in [0.717, 1.165) is 37.5 Å². The van der Waals surface area contributed by atoms with Crippen LogP contribution in [-0.2, 0) is 13.0 Å². The van der Waals surface area contributed by atoms with Gasteiger partial charge in [-0.25, -0.2) is 4.98 Å². The lowest BCUT2D eigenvalue weighted by Crippen LogP contribution is -2.34. The summed E-state index contributed by atoms with van der Waals surface area (Å²) in [6.07, 6.45) is 5.87. The lowest BCUT2D eigenvalue weighted by molar-refractivity contribution is 0.513. The first-order valence-electron chi connectivity index (χ1n) is 5.90. The van der Waals surface area contributed by atoms with Crippen molar-refractivity contribution in [1.29, 1.82) is 0 Å². The van der Waals surface area contributed by atoms with Crippen molar-refractivity contribution in [3.05, 3.63) is 12.2 Å². The number of aromatic nitrogens is 3. The summed E-state index contributed by atoms with van der Waals surface area (Å²) >= 11 is 1.87. The van der Waals surface area contributed by atoms with Gasteiger partial charge in [0.15, 0.2) is 0 Å². The van der Waals surface area contributed by atoms with Gasteiger partial charge in [-0.15, -0.1) is 0 Å². The lowest BCUT2D eigenvalue weighted by Gasteiger charge is -2.16. The molecule has 0 aromatic carbocycles. The summed E-state index contributed by atoms with van der Waals surface area (Å²) in [5.74, 6) is 2.22. The average Bonchev–Trinajstić information content (AvgIpc) is 2.67. The quantitative estimate of drug-likeness (QED) is 0.751. The van der Waals surface area contributed by atoms with Crippen LogP contribution in [0.4, 0.5) is 0 Å². The van der Waals surface area contributed by atoms with E-state index in [1.54, 1.807) is 6.33 Å². The van der Waals surface area contributed by atoms with E-state index in [1.807, 2.05) is 16.4 Å². The maximum Gasteiger partial charge on any atom is 0.138 e. The molecule has 0 saturated heterocycles. The van der Waals surface area contributed by atoms with E-state index < -0.39 is 0 Å². The summed E-state index contributed by atoms with van der Waals surface area (Å²) in [5, 5.41) is 7.74. The third kappa shape index (κ3) is 4.14. The predicted octanol–water partition coefficient (Wildman–Crippen LogP) is 1.57. The Morgan fingerprint density at radius 2 is 2.31 bits per heavy atom. The van der Waals surface area contributed by atoms with Crippen LogP contribution in [0.15, 0.2) is 6.33 Å². The van der Waals surface area contributed by atoms with E-state index in [-0.39, 0.29) is 0 Å². The van der Waals surface area contributed by atoms with E-state index in [2.05, 4.69) is 35.5 Å². The number of nitrogens with one attached hydrogen (secondary N) is 1. The standard InChI is InChI=1S/C11H22N4S/c1-4-6-15-11(13-9-14-15)7-10(8-16-3)12-5-2/h9-10,12H,4-8H2,1-3H3. The van der Waals surface area contributed by atoms with Gasteiger partial charge in [-0.05, 0) is 19.2 Å². The number of hydrogen-bond acceptors (Lipinski definition) is 4. The van der Waals surface area contributed by atoms with Gasteiger partial charge >= 0.3 is 0 Å². The van der Waals surface area contributed by atoms with Crippen molar-refractivity contribution >= 4 is 11.8 Å². The fraction of sp³-hybridized carbons (Fsp3) is 0.818. The molecular weight excluding hydrogens is 220 g/mol. The smallest absolute Gasteiger partial charge is 0.138 e. The van der Waals surface area contributed by atoms with Gasteiger partial charge in [0, 0.05) is 24.8 Å². The highest BCUT2D eigenvalue weighted by Crippen LogP contribution is 2.05. The molecule has 1 rings (SSSR count). The van der Waals surface area contributed by atoms with E-state index in [9.17, 15) is 0 Å². The van der Waals surface area contributed by atoms with Gasteiger partial charge in [-0.3, -0.25) is 4.68 Å². The lowest BCUT2D eigenvalue weighted by atomic mass is 10.2. The summed E-state index contributed by atoms with van der Waals surface area (Å²) in [6, 6.07) is 0.500. The van der Waals surface area contributed by atoms with Crippen LogP contribution < -0.4 is 5.32 Å². The van der Waals surface area contributed by atoms with Gasteiger partial charge in [0.2, 0.25) is 0 Å². The molecule has 1 unspecified atom stereocenters. The van der Waals surface area contributed by atoms with Crippen LogP contribution in [0, 0.1) is 0 Å². The van der Waals surface area contributed by atoms with Gasteiger partial charge in [0.1, 0.15) is 12.2 Å². The largest absolute Gasteiger partial charge is 0.313 e. The Morgan fingerprint density at radius 1 is 1.50 bits per heavy atom. The second-order valence-electron chi connectivity index (χ2n) is 3.81. The monoisotopic (exact) mass is 242 g/mol. The summed E-state index contributed by atoms with van der Waals surface area (Å²) in [5.41, 5.74) is 0. The Morgan fingerprint density at radius 3 is 2.94 bits per heavy atom. The molecule has 0 spiro atoms. The normalized spacial score (nSPS) is 12.9. The number of rotatable bonds is 8. The molecule has 16 heavy (non-hydrogen) atoms. The number of hydrogen-bond donors (Lipinski definition) is 1. The molecule has 4 nitrogen and oxygen atoms in total. The van der Waals surface area contributed by atoms with Crippen molar-refractivity contribution in [1.82, 2.24) is 20.1 Å². The van der Waals surface area contributed by atoms with Gasteiger partial charge in [-0.2, -0.15) is 16.9 Å². The minimum atomic E-state index is 0.500. The van der Waals surface area contributed by atoms with Gasteiger partial charge in [0.05, 0.1) is 0 Å². The summed E-state index contributed by atoms with van der Waals surface area (Å²) < 4.78 is 2.02. The average molecular weight is 242 g/mol. The van der Waals surface area contributed by atoms with Crippen molar-refractivity contribution in [2.75, 3.05) is 18.6 Å². The Balaban J connectivity index is 2.57. The molecule has 0 fully saturated rings. The first-order valence-corrected chi connectivity index (χ1v) is 7.30. The topological polar surface area (TPSA) is 42.7 Å². The van der Waals surface area contributed by atoms with Crippen molar-refractivity contribution < 1.29 is 0 Å². The number of thioether (sulfide) groups is 1. The molecule has 1 atom stereocenters. The Hall–Kier alpha value is -0.550. The SMILES string of the molecule is CCCn1ncnc1CC(CSC)NCC. The highest BCUT2D eigenvalue weighted by molar-refractivity contribution is 7.98. The van der Waals surface area contributed by atoms with Crippen molar-refractivity contribution in [2.45, 2.75) is 39.3 Å². The van der Waals surface area contributed by atoms with Crippen molar-refractivity contribution in [3.63, 3.8) is 0 Å². The Labute approximate surface area is 102 Å². The van der Waals surface area contributed by atoms with Crippen LogP contribution in [0.25, 0.3) is 0 Å². The molecular formula is C11H22N4S. The van der Waals surface area contributed by atoms with Crippen LogP contribution in [0.1, 0.15) is 26.1 Å². The highest BCUT2D eigenvalue weighted by atomic mass is 32.2. The van der Waals surface area contributed by atoms with Crippen molar-refractivity contribution in [2.24, 2.45) is 0 Å². The maximum absolute atomic E-state index is 4.34.